The Morgan fingerprint density at radius 3 is 2.52 bits per heavy atom. The van der Waals surface area contributed by atoms with Gasteiger partial charge in [-0.05, 0) is 42.7 Å². The normalized spacial score (nSPS) is 10.7. The number of rotatable bonds is 3. The van der Waals surface area contributed by atoms with Crippen LogP contribution in [0.25, 0.3) is 22.8 Å². The summed E-state index contributed by atoms with van der Waals surface area (Å²) < 4.78 is 5.16. The molecule has 0 saturated carbocycles. The van der Waals surface area contributed by atoms with Crippen LogP contribution in [0.1, 0.15) is 0 Å². The van der Waals surface area contributed by atoms with Gasteiger partial charge in [0.05, 0.1) is 5.56 Å². The highest BCUT2D eigenvalue weighted by atomic mass is 32.2. The summed E-state index contributed by atoms with van der Waals surface area (Å²) >= 11 is 1.65. The Bertz CT molecular complexity index is 769. The lowest BCUT2D eigenvalue weighted by Crippen LogP contribution is -1.82. The van der Waals surface area contributed by atoms with Crippen molar-refractivity contribution in [2.45, 2.75) is 4.90 Å². The number of phenols is 2. The molecule has 3 aromatic rings. The standard InChI is InChI=1S/C15H12N2O3S/c1-21-10-7-5-9(6-8-10)14-16-15(20-17-14)11-3-2-4-12(18)13(11)19/h2-8,18-19H,1H3. The van der Waals surface area contributed by atoms with E-state index >= 15 is 0 Å². The van der Waals surface area contributed by atoms with Gasteiger partial charge in [0.25, 0.3) is 5.89 Å². The summed E-state index contributed by atoms with van der Waals surface area (Å²) in [7, 11) is 0. The van der Waals surface area contributed by atoms with E-state index in [4.69, 9.17) is 4.52 Å². The summed E-state index contributed by atoms with van der Waals surface area (Å²) in [4.78, 5) is 5.40. The summed E-state index contributed by atoms with van der Waals surface area (Å²) in [6.45, 7) is 0. The quantitative estimate of drug-likeness (QED) is 0.569. The Balaban J connectivity index is 1.97. The minimum atomic E-state index is -0.273. The van der Waals surface area contributed by atoms with E-state index in [2.05, 4.69) is 10.1 Å². The molecule has 0 aliphatic heterocycles. The fourth-order valence-electron chi connectivity index (χ4n) is 1.89. The molecule has 21 heavy (non-hydrogen) atoms. The molecule has 2 N–H and O–H groups in total. The van der Waals surface area contributed by atoms with Crippen molar-refractivity contribution in [2.24, 2.45) is 0 Å². The maximum absolute atomic E-state index is 9.82. The SMILES string of the molecule is CSc1ccc(-c2noc(-c3cccc(O)c3O)n2)cc1. The van der Waals surface area contributed by atoms with Gasteiger partial charge in [-0.15, -0.1) is 11.8 Å². The minimum Gasteiger partial charge on any atom is -0.504 e. The van der Waals surface area contributed by atoms with Gasteiger partial charge in [-0.1, -0.05) is 11.2 Å². The van der Waals surface area contributed by atoms with E-state index in [9.17, 15) is 10.2 Å². The molecule has 0 spiro atoms. The first-order chi connectivity index (χ1) is 10.2. The van der Waals surface area contributed by atoms with Gasteiger partial charge in [0.15, 0.2) is 11.5 Å². The van der Waals surface area contributed by atoms with Gasteiger partial charge in [-0.3, -0.25) is 0 Å². The highest BCUT2D eigenvalue weighted by Gasteiger charge is 2.15. The van der Waals surface area contributed by atoms with Crippen LogP contribution in [0.5, 0.6) is 11.5 Å². The van der Waals surface area contributed by atoms with Crippen LogP contribution >= 0.6 is 11.8 Å². The van der Waals surface area contributed by atoms with Gasteiger partial charge in [-0.2, -0.15) is 4.98 Å². The lowest BCUT2D eigenvalue weighted by atomic mass is 10.2. The average Bonchev–Trinajstić information content (AvgIpc) is 3.00. The topological polar surface area (TPSA) is 79.4 Å². The average molecular weight is 300 g/mol. The van der Waals surface area contributed by atoms with Crippen LogP contribution < -0.4 is 0 Å². The van der Waals surface area contributed by atoms with Crippen molar-refractivity contribution < 1.29 is 14.7 Å². The molecule has 1 aromatic heterocycles. The molecule has 0 amide bonds. The lowest BCUT2D eigenvalue weighted by molar-refractivity contribution is 0.397. The molecule has 0 saturated heterocycles. The van der Waals surface area contributed by atoms with Gasteiger partial charge in [0.2, 0.25) is 5.82 Å². The van der Waals surface area contributed by atoms with Crippen molar-refractivity contribution in [1.82, 2.24) is 10.1 Å². The first-order valence-electron chi connectivity index (χ1n) is 6.18. The molecule has 1 heterocycles. The van der Waals surface area contributed by atoms with Crippen molar-refractivity contribution in [3.63, 3.8) is 0 Å². The first kappa shape index (κ1) is 13.5. The third-order valence-electron chi connectivity index (χ3n) is 3.02. The summed E-state index contributed by atoms with van der Waals surface area (Å²) in [5.41, 5.74) is 1.12. The molecule has 2 aromatic carbocycles. The molecule has 0 unspecified atom stereocenters. The Labute approximate surface area is 125 Å². The fraction of sp³-hybridized carbons (Fsp3) is 0.0667. The lowest BCUT2D eigenvalue weighted by Gasteiger charge is -2.00. The predicted octanol–water partition coefficient (Wildman–Crippen LogP) is 3.54. The molecule has 0 aliphatic rings. The van der Waals surface area contributed by atoms with E-state index in [0.29, 0.717) is 11.4 Å². The zero-order valence-corrected chi connectivity index (χ0v) is 12.0. The van der Waals surface area contributed by atoms with Crippen molar-refractivity contribution in [3.05, 3.63) is 42.5 Å². The Hall–Kier alpha value is -2.47. The maximum atomic E-state index is 9.82. The molecule has 5 nitrogen and oxygen atoms in total. The van der Waals surface area contributed by atoms with Crippen LogP contribution in [-0.4, -0.2) is 26.6 Å². The van der Waals surface area contributed by atoms with Crippen LogP contribution in [0.3, 0.4) is 0 Å². The number of nitrogens with zero attached hydrogens (tertiary/aromatic N) is 2. The summed E-state index contributed by atoms with van der Waals surface area (Å²) in [6.07, 6.45) is 2.01. The molecule has 3 rings (SSSR count). The van der Waals surface area contributed by atoms with E-state index in [-0.39, 0.29) is 17.4 Å². The first-order valence-corrected chi connectivity index (χ1v) is 7.41. The number of hydrogen-bond acceptors (Lipinski definition) is 6. The van der Waals surface area contributed by atoms with Crippen molar-refractivity contribution in [3.8, 4) is 34.3 Å². The molecule has 0 bridgehead atoms. The van der Waals surface area contributed by atoms with Gasteiger partial charge in [-0.25, -0.2) is 0 Å². The molecule has 0 aliphatic carbocycles. The molecule has 0 fully saturated rings. The highest BCUT2D eigenvalue weighted by molar-refractivity contribution is 7.98. The molecular formula is C15H12N2O3S. The van der Waals surface area contributed by atoms with Crippen LogP contribution in [0.4, 0.5) is 0 Å². The van der Waals surface area contributed by atoms with Crippen LogP contribution in [0.2, 0.25) is 0 Å². The van der Waals surface area contributed by atoms with Crippen molar-refractivity contribution in [1.29, 1.82) is 0 Å². The van der Waals surface area contributed by atoms with Crippen molar-refractivity contribution in [2.75, 3.05) is 6.26 Å². The Morgan fingerprint density at radius 2 is 1.81 bits per heavy atom. The second-order valence-corrected chi connectivity index (χ2v) is 5.20. The van der Waals surface area contributed by atoms with Crippen molar-refractivity contribution >= 4 is 11.8 Å². The van der Waals surface area contributed by atoms with E-state index < -0.39 is 0 Å². The molecule has 0 radical (unpaired) electrons. The minimum absolute atomic E-state index is 0.160. The number of aromatic hydroxyl groups is 2. The van der Waals surface area contributed by atoms with Gasteiger partial charge < -0.3 is 14.7 Å². The molecular weight excluding hydrogens is 288 g/mol. The second-order valence-electron chi connectivity index (χ2n) is 4.32. The number of benzene rings is 2. The summed E-state index contributed by atoms with van der Waals surface area (Å²) in [5, 5.41) is 23.2. The third-order valence-corrected chi connectivity index (χ3v) is 3.76. The van der Waals surface area contributed by atoms with E-state index in [1.165, 1.54) is 6.07 Å². The van der Waals surface area contributed by atoms with Gasteiger partial charge in [0, 0.05) is 10.5 Å². The number of para-hydroxylation sites is 1. The van der Waals surface area contributed by atoms with Crippen LogP contribution in [0, 0.1) is 0 Å². The molecule has 106 valence electrons. The van der Waals surface area contributed by atoms with Gasteiger partial charge >= 0.3 is 0 Å². The summed E-state index contributed by atoms with van der Waals surface area (Å²) in [5.74, 6) is 0.0924. The van der Waals surface area contributed by atoms with E-state index in [0.717, 1.165) is 10.5 Å². The Kier molecular flexibility index (Phi) is 3.53. The number of thioether (sulfide) groups is 1. The number of aromatic nitrogens is 2. The van der Waals surface area contributed by atoms with Crippen LogP contribution in [0.15, 0.2) is 51.9 Å². The van der Waals surface area contributed by atoms with E-state index in [1.807, 2.05) is 30.5 Å². The zero-order valence-electron chi connectivity index (χ0n) is 11.1. The number of hydrogen-bond donors (Lipinski definition) is 2. The smallest absolute Gasteiger partial charge is 0.262 e. The Morgan fingerprint density at radius 1 is 1.05 bits per heavy atom. The predicted molar refractivity (Wildman–Crippen MR) is 80.3 cm³/mol. The second kappa shape index (κ2) is 5.49. The monoisotopic (exact) mass is 300 g/mol. The highest BCUT2D eigenvalue weighted by Crippen LogP contribution is 2.35. The maximum Gasteiger partial charge on any atom is 0.262 e. The largest absolute Gasteiger partial charge is 0.504 e. The van der Waals surface area contributed by atoms with Crippen LogP contribution in [-0.2, 0) is 0 Å². The summed E-state index contributed by atoms with van der Waals surface area (Å²) in [6, 6.07) is 12.3. The zero-order chi connectivity index (χ0) is 14.8. The fourth-order valence-corrected chi connectivity index (χ4v) is 2.30. The third kappa shape index (κ3) is 2.57. The van der Waals surface area contributed by atoms with Gasteiger partial charge in [0.1, 0.15) is 0 Å². The van der Waals surface area contributed by atoms with E-state index in [1.54, 1.807) is 23.9 Å². The number of phenolic OH excluding ortho intramolecular Hbond substituents is 2. The molecule has 6 heteroatoms. The molecule has 0 atom stereocenters.